The number of anilines is 1. The van der Waals surface area contributed by atoms with Crippen molar-refractivity contribution in [1.29, 1.82) is 0 Å². The Morgan fingerprint density at radius 1 is 1.33 bits per heavy atom. The second-order valence-electron chi connectivity index (χ2n) is 3.52. The topological polar surface area (TPSA) is 51.2 Å². The minimum Gasteiger partial charge on any atom is -0.497 e. The summed E-state index contributed by atoms with van der Waals surface area (Å²) in [4.78, 5) is 15.5. The van der Waals surface area contributed by atoms with Crippen LogP contribution in [0, 0.1) is 5.82 Å². The van der Waals surface area contributed by atoms with Crippen LogP contribution in [0.25, 0.3) is 0 Å². The van der Waals surface area contributed by atoms with E-state index in [9.17, 15) is 9.18 Å². The number of pyridine rings is 1. The van der Waals surface area contributed by atoms with Crippen LogP contribution in [0.1, 0.15) is 10.5 Å². The Balaban J connectivity index is 2.19. The minimum absolute atomic E-state index is 0.236. The van der Waals surface area contributed by atoms with Crippen molar-refractivity contribution in [2.75, 3.05) is 12.4 Å². The highest BCUT2D eigenvalue weighted by molar-refractivity contribution is 6.03. The molecule has 4 nitrogen and oxygen atoms in total. The van der Waals surface area contributed by atoms with Crippen LogP contribution in [0.3, 0.4) is 0 Å². The van der Waals surface area contributed by atoms with E-state index in [2.05, 4.69) is 10.3 Å². The van der Waals surface area contributed by atoms with E-state index in [1.165, 1.54) is 25.4 Å². The predicted molar refractivity (Wildman–Crippen MR) is 65.1 cm³/mol. The first-order valence-corrected chi connectivity index (χ1v) is 5.26. The first-order valence-electron chi connectivity index (χ1n) is 5.26. The SMILES string of the molecule is COc1cccc(NC(=O)c2ncccc2F)c1. The van der Waals surface area contributed by atoms with Crippen molar-refractivity contribution in [3.8, 4) is 5.75 Å². The van der Waals surface area contributed by atoms with Crippen molar-refractivity contribution in [2.24, 2.45) is 0 Å². The van der Waals surface area contributed by atoms with Crippen LogP contribution in [-0.2, 0) is 0 Å². The molecule has 1 amide bonds. The monoisotopic (exact) mass is 246 g/mol. The molecule has 0 unspecified atom stereocenters. The summed E-state index contributed by atoms with van der Waals surface area (Å²) in [5, 5.41) is 2.55. The summed E-state index contributed by atoms with van der Waals surface area (Å²) in [7, 11) is 1.53. The first kappa shape index (κ1) is 12.0. The van der Waals surface area contributed by atoms with Crippen LogP contribution in [0.5, 0.6) is 5.75 Å². The van der Waals surface area contributed by atoms with Gasteiger partial charge in [-0.1, -0.05) is 6.07 Å². The molecule has 1 aromatic carbocycles. The molecule has 0 saturated carbocycles. The largest absolute Gasteiger partial charge is 0.497 e. The number of amides is 1. The third kappa shape index (κ3) is 2.63. The molecule has 0 aliphatic heterocycles. The molecule has 1 heterocycles. The molecule has 0 fully saturated rings. The van der Waals surface area contributed by atoms with Crippen LogP contribution in [0.2, 0.25) is 0 Å². The highest BCUT2D eigenvalue weighted by atomic mass is 19.1. The van der Waals surface area contributed by atoms with E-state index in [1.807, 2.05) is 0 Å². The normalized spacial score (nSPS) is 9.89. The summed E-state index contributed by atoms with van der Waals surface area (Å²) in [5.41, 5.74) is 0.282. The molecule has 0 saturated heterocycles. The van der Waals surface area contributed by atoms with Gasteiger partial charge in [0.05, 0.1) is 7.11 Å². The molecule has 0 aliphatic rings. The van der Waals surface area contributed by atoms with Gasteiger partial charge < -0.3 is 10.1 Å². The molecular weight excluding hydrogens is 235 g/mol. The molecule has 0 spiro atoms. The summed E-state index contributed by atoms with van der Waals surface area (Å²) in [6, 6.07) is 9.41. The Labute approximate surface area is 103 Å². The summed E-state index contributed by atoms with van der Waals surface area (Å²) in [6.07, 6.45) is 1.36. The van der Waals surface area contributed by atoms with Crippen LogP contribution >= 0.6 is 0 Å². The van der Waals surface area contributed by atoms with Gasteiger partial charge in [-0.15, -0.1) is 0 Å². The van der Waals surface area contributed by atoms with E-state index in [1.54, 1.807) is 24.3 Å². The standard InChI is InChI=1S/C13H11FN2O2/c1-18-10-5-2-4-9(8-10)16-13(17)12-11(14)6-3-7-15-12/h2-8H,1H3,(H,16,17). The zero-order valence-electron chi connectivity index (χ0n) is 9.68. The van der Waals surface area contributed by atoms with E-state index in [0.29, 0.717) is 11.4 Å². The van der Waals surface area contributed by atoms with Crippen LogP contribution in [0.15, 0.2) is 42.6 Å². The fourth-order valence-corrected chi connectivity index (χ4v) is 1.44. The van der Waals surface area contributed by atoms with E-state index >= 15 is 0 Å². The molecule has 1 N–H and O–H groups in total. The van der Waals surface area contributed by atoms with Crippen LogP contribution < -0.4 is 10.1 Å². The lowest BCUT2D eigenvalue weighted by atomic mass is 10.2. The Morgan fingerprint density at radius 3 is 2.89 bits per heavy atom. The Hall–Kier alpha value is -2.43. The quantitative estimate of drug-likeness (QED) is 0.905. The lowest BCUT2D eigenvalue weighted by Crippen LogP contribution is -2.15. The number of ether oxygens (including phenoxy) is 1. The molecular formula is C13H11FN2O2. The number of benzene rings is 1. The van der Waals surface area contributed by atoms with Crippen molar-refractivity contribution < 1.29 is 13.9 Å². The van der Waals surface area contributed by atoms with Gasteiger partial charge in [0, 0.05) is 18.0 Å². The Kier molecular flexibility index (Phi) is 3.52. The van der Waals surface area contributed by atoms with Gasteiger partial charge in [-0.3, -0.25) is 4.79 Å². The van der Waals surface area contributed by atoms with E-state index in [-0.39, 0.29) is 5.69 Å². The average molecular weight is 246 g/mol. The molecule has 0 aliphatic carbocycles. The maximum Gasteiger partial charge on any atom is 0.277 e. The zero-order valence-corrected chi connectivity index (χ0v) is 9.68. The summed E-state index contributed by atoms with van der Waals surface area (Å²) in [5.74, 6) is -0.645. The molecule has 0 bridgehead atoms. The van der Waals surface area contributed by atoms with Gasteiger partial charge in [0.25, 0.3) is 5.91 Å². The number of aromatic nitrogens is 1. The molecule has 92 valence electrons. The van der Waals surface area contributed by atoms with Gasteiger partial charge >= 0.3 is 0 Å². The number of methoxy groups -OCH3 is 1. The number of rotatable bonds is 3. The van der Waals surface area contributed by atoms with Gasteiger partial charge in [-0.2, -0.15) is 0 Å². The van der Waals surface area contributed by atoms with Crippen LogP contribution in [-0.4, -0.2) is 18.0 Å². The maximum atomic E-state index is 13.3. The zero-order chi connectivity index (χ0) is 13.0. The highest BCUT2D eigenvalue weighted by Crippen LogP contribution is 2.17. The molecule has 1 aromatic heterocycles. The lowest BCUT2D eigenvalue weighted by Gasteiger charge is -2.06. The van der Waals surface area contributed by atoms with E-state index in [4.69, 9.17) is 4.74 Å². The summed E-state index contributed by atoms with van der Waals surface area (Å²) in [6.45, 7) is 0. The summed E-state index contributed by atoms with van der Waals surface area (Å²) >= 11 is 0. The fourth-order valence-electron chi connectivity index (χ4n) is 1.44. The van der Waals surface area contributed by atoms with Crippen molar-refractivity contribution in [3.63, 3.8) is 0 Å². The second kappa shape index (κ2) is 5.27. The van der Waals surface area contributed by atoms with Crippen molar-refractivity contribution in [1.82, 2.24) is 4.98 Å². The predicted octanol–water partition coefficient (Wildman–Crippen LogP) is 2.48. The first-order chi connectivity index (χ1) is 8.70. The lowest BCUT2D eigenvalue weighted by molar-refractivity contribution is 0.101. The average Bonchev–Trinajstić information content (AvgIpc) is 2.39. The Morgan fingerprint density at radius 2 is 2.17 bits per heavy atom. The van der Waals surface area contributed by atoms with E-state index < -0.39 is 11.7 Å². The van der Waals surface area contributed by atoms with Gasteiger partial charge in [0.2, 0.25) is 0 Å². The number of halogens is 1. The highest BCUT2D eigenvalue weighted by Gasteiger charge is 2.12. The van der Waals surface area contributed by atoms with E-state index in [0.717, 1.165) is 0 Å². The molecule has 5 heteroatoms. The maximum absolute atomic E-state index is 13.3. The van der Waals surface area contributed by atoms with Crippen molar-refractivity contribution >= 4 is 11.6 Å². The molecule has 2 aromatic rings. The number of carbonyl (C=O) groups is 1. The number of hydrogen-bond acceptors (Lipinski definition) is 3. The van der Waals surface area contributed by atoms with Gasteiger partial charge in [0.1, 0.15) is 5.75 Å². The number of nitrogens with zero attached hydrogens (tertiary/aromatic N) is 1. The van der Waals surface area contributed by atoms with Gasteiger partial charge in [-0.05, 0) is 24.3 Å². The molecule has 18 heavy (non-hydrogen) atoms. The van der Waals surface area contributed by atoms with Gasteiger partial charge in [0.15, 0.2) is 11.5 Å². The number of hydrogen-bond donors (Lipinski definition) is 1. The van der Waals surface area contributed by atoms with Gasteiger partial charge in [-0.25, -0.2) is 9.37 Å². The Bertz CT molecular complexity index is 572. The molecule has 2 rings (SSSR count). The minimum atomic E-state index is -0.655. The second-order valence-corrected chi connectivity index (χ2v) is 3.52. The fraction of sp³-hybridized carbons (Fsp3) is 0.0769. The number of carbonyl (C=O) groups excluding carboxylic acids is 1. The molecule has 0 atom stereocenters. The third-order valence-corrected chi connectivity index (χ3v) is 2.30. The number of nitrogens with one attached hydrogen (secondary N) is 1. The van der Waals surface area contributed by atoms with Crippen molar-refractivity contribution in [3.05, 3.63) is 54.1 Å². The smallest absolute Gasteiger partial charge is 0.277 e. The summed E-state index contributed by atoms with van der Waals surface area (Å²) < 4.78 is 18.4. The van der Waals surface area contributed by atoms with Crippen molar-refractivity contribution in [2.45, 2.75) is 0 Å². The van der Waals surface area contributed by atoms with Crippen LogP contribution in [0.4, 0.5) is 10.1 Å². The molecule has 0 radical (unpaired) electrons. The third-order valence-electron chi connectivity index (χ3n) is 2.30.